The second-order valence-corrected chi connectivity index (χ2v) is 5.79. The van der Waals surface area contributed by atoms with Gasteiger partial charge in [0.2, 0.25) is 0 Å². The molecule has 14 heavy (non-hydrogen) atoms. The van der Waals surface area contributed by atoms with Gasteiger partial charge >= 0.3 is 0 Å². The van der Waals surface area contributed by atoms with Crippen LogP contribution in [0.15, 0.2) is 0 Å². The summed E-state index contributed by atoms with van der Waals surface area (Å²) in [6.45, 7) is 2.40. The van der Waals surface area contributed by atoms with E-state index in [1.807, 2.05) is 0 Å². The molecule has 0 spiro atoms. The fourth-order valence-corrected chi connectivity index (χ4v) is 2.60. The maximum atomic E-state index is 10.8. The molecule has 0 bridgehead atoms. The van der Waals surface area contributed by atoms with E-state index >= 15 is 0 Å². The van der Waals surface area contributed by atoms with Crippen LogP contribution in [0.1, 0.15) is 26.2 Å². The van der Waals surface area contributed by atoms with Gasteiger partial charge in [0.1, 0.15) is 0 Å². The van der Waals surface area contributed by atoms with Gasteiger partial charge in [-0.15, -0.1) is 0 Å². The van der Waals surface area contributed by atoms with E-state index in [1.165, 1.54) is 0 Å². The molecule has 0 N–H and O–H groups in total. The summed E-state index contributed by atoms with van der Waals surface area (Å²) in [7, 11) is 2.52. The number of hydrogen-bond acceptors (Lipinski definition) is 3. The largest absolute Gasteiger partial charge is 0.270 e. The molecule has 80 valence electrons. The lowest BCUT2D eigenvalue weighted by Gasteiger charge is -2.16. The van der Waals surface area contributed by atoms with E-state index in [2.05, 4.69) is 6.92 Å². The topological polar surface area (TPSA) is 43.4 Å². The van der Waals surface area contributed by atoms with E-state index in [4.69, 9.17) is 12.0 Å². The molecule has 0 amide bonds. The zero-order chi connectivity index (χ0) is 10.8. The second kappa shape index (κ2) is 4.66. The molecule has 2 radical (unpaired) electrons. The Kier molecular flexibility index (Phi) is 4.01. The van der Waals surface area contributed by atoms with E-state index in [-0.39, 0.29) is 5.82 Å². The molecule has 1 aliphatic rings. The van der Waals surface area contributed by atoms with Crippen LogP contribution in [0.2, 0.25) is 5.82 Å². The van der Waals surface area contributed by atoms with E-state index in [1.54, 1.807) is 0 Å². The standard InChI is InChI=1S/C9H17BO3S/c1-3-7-4-9(10)5-8(7)6-13-14(2,11)12/h7-9H,3-6H2,1-2H3/t7-,8-,9-/m1/s1. The third kappa shape index (κ3) is 3.61. The van der Waals surface area contributed by atoms with Crippen molar-refractivity contribution in [3.05, 3.63) is 0 Å². The van der Waals surface area contributed by atoms with Gasteiger partial charge in [0.25, 0.3) is 10.1 Å². The molecule has 0 aromatic carbocycles. The van der Waals surface area contributed by atoms with Crippen molar-refractivity contribution in [1.29, 1.82) is 0 Å². The Morgan fingerprint density at radius 3 is 2.43 bits per heavy atom. The van der Waals surface area contributed by atoms with Gasteiger partial charge < -0.3 is 0 Å². The summed E-state index contributed by atoms with van der Waals surface area (Å²) >= 11 is 0. The lowest BCUT2D eigenvalue weighted by atomic mass is 9.85. The van der Waals surface area contributed by atoms with Gasteiger partial charge in [0.15, 0.2) is 0 Å². The molecule has 5 heteroatoms. The minimum absolute atomic E-state index is 0.216. The van der Waals surface area contributed by atoms with Crippen molar-refractivity contribution in [2.24, 2.45) is 11.8 Å². The van der Waals surface area contributed by atoms with Crippen LogP contribution in [0.4, 0.5) is 0 Å². The average molecular weight is 216 g/mol. The van der Waals surface area contributed by atoms with Gasteiger partial charge in [-0.2, -0.15) is 8.42 Å². The van der Waals surface area contributed by atoms with Gasteiger partial charge in [0, 0.05) is 0 Å². The Labute approximate surface area is 87.8 Å². The maximum absolute atomic E-state index is 10.8. The van der Waals surface area contributed by atoms with Crippen molar-refractivity contribution in [3.8, 4) is 0 Å². The predicted octanol–water partition coefficient (Wildman–Crippen LogP) is 1.36. The lowest BCUT2D eigenvalue weighted by Crippen LogP contribution is -2.16. The van der Waals surface area contributed by atoms with Crippen molar-refractivity contribution < 1.29 is 12.6 Å². The Morgan fingerprint density at radius 2 is 1.93 bits per heavy atom. The van der Waals surface area contributed by atoms with Gasteiger partial charge in [-0.1, -0.05) is 32.0 Å². The van der Waals surface area contributed by atoms with Crippen LogP contribution in [0.5, 0.6) is 0 Å². The Bertz CT molecular complexity index is 276. The molecule has 3 atom stereocenters. The van der Waals surface area contributed by atoms with Crippen LogP contribution in [-0.2, 0) is 14.3 Å². The summed E-state index contributed by atoms with van der Waals surface area (Å²) in [5.74, 6) is 1.05. The smallest absolute Gasteiger partial charge is 0.264 e. The molecule has 1 saturated carbocycles. The first kappa shape index (κ1) is 12.0. The van der Waals surface area contributed by atoms with Crippen molar-refractivity contribution in [2.75, 3.05) is 12.9 Å². The third-order valence-corrected chi connectivity index (χ3v) is 3.46. The molecule has 3 nitrogen and oxygen atoms in total. The molecule has 1 aliphatic carbocycles. The highest BCUT2D eigenvalue weighted by Crippen LogP contribution is 2.40. The highest BCUT2D eigenvalue weighted by atomic mass is 32.2. The van der Waals surface area contributed by atoms with Crippen molar-refractivity contribution in [3.63, 3.8) is 0 Å². The molecule has 0 unspecified atom stereocenters. The average Bonchev–Trinajstić information content (AvgIpc) is 2.41. The molecular weight excluding hydrogens is 199 g/mol. The van der Waals surface area contributed by atoms with Crippen LogP contribution in [-0.4, -0.2) is 29.1 Å². The zero-order valence-corrected chi connectivity index (χ0v) is 9.59. The van der Waals surface area contributed by atoms with E-state index in [0.29, 0.717) is 18.4 Å². The molecule has 0 aliphatic heterocycles. The van der Waals surface area contributed by atoms with E-state index in [9.17, 15) is 8.42 Å². The minimum atomic E-state index is -3.30. The molecule has 0 saturated heterocycles. The van der Waals surface area contributed by atoms with E-state index in [0.717, 1.165) is 25.5 Å². The first-order chi connectivity index (χ1) is 6.42. The van der Waals surface area contributed by atoms with Gasteiger partial charge in [0.05, 0.1) is 20.7 Å². The van der Waals surface area contributed by atoms with Crippen molar-refractivity contribution in [2.45, 2.75) is 32.0 Å². The van der Waals surface area contributed by atoms with E-state index < -0.39 is 10.1 Å². The van der Waals surface area contributed by atoms with Crippen LogP contribution >= 0.6 is 0 Å². The summed E-state index contributed by atoms with van der Waals surface area (Å²) in [5, 5.41) is 0. The van der Waals surface area contributed by atoms with Crippen LogP contribution in [0.25, 0.3) is 0 Å². The summed E-state index contributed by atoms with van der Waals surface area (Å²) in [6.07, 6.45) is 4.01. The summed E-state index contributed by atoms with van der Waals surface area (Å²) < 4.78 is 26.4. The van der Waals surface area contributed by atoms with Crippen LogP contribution < -0.4 is 0 Å². The molecular formula is C9H17BO3S. The van der Waals surface area contributed by atoms with Crippen LogP contribution in [0, 0.1) is 11.8 Å². The summed E-state index contributed by atoms with van der Waals surface area (Å²) in [5.41, 5.74) is 0. The number of hydrogen-bond donors (Lipinski definition) is 0. The van der Waals surface area contributed by atoms with Crippen LogP contribution in [0.3, 0.4) is 0 Å². The quantitative estimate of drug-likeness (QED) is 0.526. The predicted molar refractivity (Wildman–Crippen MR) is 56.8 cm³/mol. The van der Waals surface area contributed by atoms with Gasteiger partial charge in [-0.3, -0.25) is 4.18 Å². The maximum Gasteiger partial charge on any atom is 0.264 e. The first-order valence-electron chi connectivity index (χ1n) is 5.02. The highest BCUT2D eigenvalue weighted by Gasteiger charge is 2.31. The molecule has 0 heterocycles. The lowest BCUT2D eigenvalue weighted by molar-refractivity contribution is 0.218. The Balaban J connectivity index is 2.44. The normalized spacial score (nSPS) is 33.4. The summed E-state index contributed by atoms with van der Waals surface area (Å²) in [6, 6.07) is 0. The van der Waals surface area contributed by atoms with Crippen molar-refractivity contribution in [1.82, 2.24) is 0 Å². The fraction of sp³-hybridized carbons (Fsp3) is 1.00. The zero-order valence-electron chi connectivity index (χ0n) is 8.77. The fourth-order valence-electron chi connectivity index (χ4n) is 2.17. The van der Waals surface area contributed by atoms with Gasteiger partial charge in [-0.25, -0.2) is 0 Å². The third-order valence-electron chi connectivity index (χ3n) is 2.90. The minimum Gasteiger partial charge on any atom is -0.270 e. The Morgan fingerprint density at radius 1 is 1.36 bits per heavy atom. The second-order valence-electron chi connectivity index (χ2n) is 4.15. The van der Waals surface area contributed by atoms with Crippen molar-refractivity contribution >= 4 is 18.0 Å². The highest BCUT2D eigenvalue weighted by molar-refractivity contribution is 7.85. The van der Waals surface area contributed by atoms with Gasteiger partial charge in [-0.05, 0) is 11.8 Å². The molecule has 0 aromatic rings. The SMILES string of the molecule is [B][C@@H]1C[C@@H](CC)[C@@H](COS(C)(=O)=O)C1. The Hall–Kier alpha value is -0.0251. The first-order valence-corrected chi connectivity index (χ1v) is 6.84. The molecule has 0 aromatic heterocycles. The monoisotopic (exact) mass is 216 g/mol. The summed E-state index contributed by atoms with van der Waals surface area (Å²) in [4.78, 5) is 0. The number of rotatable bonds is 4. The molecule has 1 rings (SSSR count). The molecule has 1 fully saturated rings.